The van der Waals surface area contributed by atoms with Gasteiger partial charge in [0.1, 0.15) is 17.1 Å². The molecule has 0 unspecified atom stereocenters. The van der Waals surface area contributed by atoms with Crippen LogP contribution in [0.1, 0.15) is 18.4 Å². The SMILES string of the molecule is Ic1ccc(-n2nc(-c3cc4ccccc4o3)c3c2NCCCC3)cc1. The van der Waals surface area contributed by atoms with E-state index in [9.17, 15) is 0 Å². The number of hydrogen-bond donors (Lipinski definition) is 1. The number of para-hydroxylation sites is 1. The second-order valence-electron chi connectivity index (χ2n) is 6.60. The molecule has 1 N–H and O–H groups in total. The molecule has 5 heteroatoms. The Morgan fingerprint density at radius 3 is 2.73 bits per heavy atom. The molecule has 0 atom stereocenters. The summed E-state index contributed by atoms with van der Waals surface area (Å²) in [5.41, 5.74) is 4.17. The Bertz CT molecular complexity index is 1050. The van der Waals surface area contributed by atoms with Gasteiger partial charge >= 0.3 is 0 Å². The maximum absolute atomic E-state index is 6.12. The molecule has 2 aromatic carbocycles. The summed E-state index contributed by atoms with van der Waals surface area (Å²) in [6.07, 6.45) is 3.34. The van der Waals surface area contributed by atoms with Gasteiger partial charge in [-0.2, -0.15) is 5.10 Å². The topological polar surface area (TPSA) is 43.0 Å². The first-order valence-electron chi connectivity index (χ1n) is 8.90. The zero-order valence-corrected chi connectivity index (χ0v) is 16.4. The molecule has 0 fully saturated rings. The number of hydrogen-bond acceptors (Lipinski definition) is 3. The average Bonchev–Trinajstić information content (AvgIpc) is 3.16. The van der Waals surface area contributed by atoms with Crippen LogP contribution in [0, 0.1) is 3.57 Å². The summed E-state index contributed by atoms with van der Waals surface area (Å²) in [5, 5.41) is 9.66. The van der Waals surface area contributed by atoms with E-state index in [1.807, 2.05) is 22.9 Å². The lowest BCUT2D eigenvalue weighted by Gasteiger charge is -2.09. The Balaban J connectivity index is 1.71. The maximum atomic E-state index is 6.12. The Kier molecular flexibility index (Phi) is 3.96. The van der Waals surface area contributed by atoms with Crippen LogP contribution >= 0.6 is 22.6 Å². The predicted octanol–water partition coefficient (Wildman–Crippen LogP) is 5.64. The minimum Gasteiger partial charge on any atom is -0.454 e. The molecule has 4 aromatic rings. The van der Waals surface area contributed by atoms with E-state index < -0.39 is 0 Å². The fourth-order valence-electron chi connectivity index (χ4n) is 3.57. The van der Waals surface area contributed by atoms with E-state index in [0.717, 1.165) is 53.3 Å². The van der Waals surface area contributed by atoms with Crippen molar-refractivity contribution in [1.29, 1.82) is 0 Å². The summed E-state index contributed by atoms with van der Waals surface area (Å²) < 4.78 is 9.37. The van der Waals surface area contributed by atoms with Gasteiger partial charge in [0.2, 0.25) is 0 Å². The summed E-state index contributed by atoms with van der Waals surface area (Å²) >= 11 is 2.33. The van der Waals surface area contributed by atoms with E-state index >= 15 is 0 Å². The molecule has 0 saturated heterocycles. The van der Waals surface area contributed by atoms with Gasteiger partial charge in [0.25, 0.3) is 0 Å². The molecule has 3 heterocycles. The number of furan rings is 1. The van der Waals surface area contributed by atoms with Crippen LogP contribution < -0.4 is 5.32 Å². The number of halogens is 1. The van der Waals surface area contributed by atoms with E-state index in [1.165, 1.54) is 15.6 Å². The number of benzene rings is 2. The van der Waals surface area contributed by atoms with Crippen LogP contribution in [0.4, 0.5) is 5.82 Å². The largest absolute Gasteiger partial charge is 0.454 e. The molecule has 2 aromatic heterocycles. The zero-order chi connectivity index (χ0) is 17.5. The van der Waals surface area contributed by atoms with Crippen LogP contribution in [0.15, 0.2) is 59.0 Å². The lowest BCUT2D eigenvalue weighted by molar-refractivity contribution is 0.625. The van der Waals surface area contributed by atoms with E-state index in [1.54, 1.807) is 0 Å². The van der Waals surface area contributed by atoms with Gasteiger partial charge in [0.05, 0.1) is 5.69 Å². The highest BCUT2D eigenvalue weighted by Crippen LogP contribution is 2.36. The maximum Gasteiger partial charge on any atom is 0.156 e. The molecule has 0 spiro atoms. The van der Waals surface area contributed by atoms with Crippen molar-refractivity contribution < 1.29 is 4.42 Å². The van der Waals surface area contributed by atoms with Crippen LogP contribution in [0.3, 0.4) is 0 Å². The van der Waals surface area contributed by atoms with Gasteiger partial charge in [0.15, 0.2) is 5.76 Å². The second kappa shape index (κ2) is 6.46. The van der Waals surface area contributed by atoms with Crippen LogP contribution in [-0.4, -0.2) is 16.3 Å². The van der Waals surface area contributed by atoms with Crippen LogP contribution in [-0.2, 0) is 6.42 Å². The quantitative estimate of drug-likeness (QED) is 0.398. The van der Waals surface area contributed by atoms with Gasteiger partial charge in [-0.15, -0.1) is 0 Å². The molecule has 4 nitrogen and oxygen atoms in total. The smallest absolute Gasteiger partial charge is 0.156 e. The Hall–Kier alpha value is -2.28. The third kappa shape index (κ3) is 2.70. The third-order valence-corrected chi connectivity index (χ3v) is 5.58. The molecule has 0 saturated carbocycles. The zero-order valence-electron chi connectivity index (χ0n) is 14.2. The highest BCUT2D eigenvalue weighted by atomic mass is 127. The number of nitrogens with zero attached hydrogens (tertiary/aromatic N) is 2. The molecule has 1 aliphatic rings. The van der Waals surface area contributed by atoms with Crippen LogP contribution in [0.2, 0.25) is 0 Å². The molecule has 0 radical (unpaired) electrons. The lowest BCUT2D eigenvalue weighted by atomic mass is 10.1. The van der Waals surface area contributed by atoms with Crippen LogP contribution in [0.5, 0.6) is 0 Å². The molecule has 0 aliphatic carbocycles. The molecule has 130 valence electrons. The molecule has 5 rings (SSSR count). The van der Waals surface area contributed by atoms with E-state index in [4.69, 9.17) is 9.52 Å². The van der Waals surface area contributed by atoms with Gasteiger partial charge in [-0.05, 0) is 78.3 Å². The number of fused-ring (bicyclic) bond motifs is 2. The summed E-state index contributed by atoms with van der Waals surface area (Å²) in [5.74, 6) is 1.94. The molecule has 0 bridgehead atoms. The normalized spacial score (nSPS) is 14.0. The van der Waals surface area contributed by atoms with E-state index in [-0.39, 0.29) is 0 Å². The molecule has 26 heavy (non-hydrogen) atoms. The first-order valence-corrected chi connectivity index (χ1v) is 9.98. The fraction of sp³-hybridized carbons (Fsp3) is 0.190. The van der Waals surface area contributed by atoms with Gasteiger partial charge in [-0.1, -0.05) is 18.2 Å². The molecule has 1 aliphatic heterocycles. The van der Waals surface area contributed by atoms with Crippen molar-refractivity contribution in [2.24, 2.45) is 0 Å². The van der Waals surface area contributed by atoms with Crippen molar-refractivity contribution in [2.75, 3.05) is 11.9 Å². The van der Waals surface area contributed by atoms with Crippen molar-refractivity contribution in [3.63, 3.8) is 0 Å². The minimum absolute atomic E-state index is 0.843. The highest BCUT2D eigenvalue weighted by Gasteiger charge is 2.23. The Labute approximate surface area is 165 Å². The number of aromatic nitrogens is 2. The lowest BCUT2D eigenvalue weighted by Crippen LogP contribution is -2.07. The highest BCUT2D eigenvalue weighted by molar-refractivity contribution is 14.1. The predicted molar refractivity (Wildman–Crippen MR) is 113 cm³/mol. The number of nitrogens with one attached hydrogen (secondary N) is 1. The Morgan fingerprint density at radius 1 is 1.04 bits per heavy atom. The van der Waals surface area contributed by atoms with E-state index in [2.05, 4.69) is 64.3 Å². The van der Waals surface area contributed by atoms with Gasteiger partial charge < -0.3 is 9.73 Å². The third-order valence-electron chi connectivity index (χ3n) is 4.86. The van der Waals surface area contributed by atoms with Crippen molar-refractivity contribution in [2.45, 2.75) is 19.3 Å². The van der Waals surface area contributed by atoms with Crippen LogP contribution in [0.25, 0.3) is 28.1 Å². The van der Waals surface area contributed by atoms with Crippen molar-refractivity contribution in [3.05, 3.63) is 63.7 Å². The standard InChI is InChI=1S/C21H18IN3O/c22-15-8-10-16(11-9-15)25-21-17(6-3-4-12-23-21)20(24-25)19-13-14-5-1-2-7-18(14)26-19/h1-2,5,7-11,13,23H,3-4,6,12H2. The van der Waals surface area contributed by atoms with Gasteiger partial charge in [-0.25, -0.2) is 4.68 Å². The first-order chi connectivity index (χ1) is 12.8. The van der Waals surface area contributed by atoms with E-state index in [0.29, 0.717) is 0 Å². The summed E-state index contributed by atoms with van der Waals surface area (Å²) in [4.78, 5) is 0. The summed E-state index contributed by atoms with van der Waals surface area (Å²) in [6.45, 7) is 0.975. The molecular weight excluding hydrogens is 437 g/mol. The minimum atomic E-state index is 0.843. The van der Waals surface area contributed by atoms with Crippen molar-refractivity contribution in [3.8, 4) is 17.1 Å². The number of rotatable bonds is 2. The first kappa shape index (κ1) is 15.9. The summed E-state index contributed by atoms with van der Waals surface area (Å²) in [6, 6.07) is 18.7. The Morgan fingerprint density at radius 2 is 1.88 bits per heavy atom. The second-order valence-corrected chi connectivity index (χ2v) is 7.84. The fourth-order valence-corrected chi connectivity index (χ4v) is 3.93. The van der Waals surface area contributed by atoms with Gasteiger partial charge in [-0.3, -0.25) is 0 Å². The van der Waals surface area contributed by atoms with Crippen molar-refractivity contribution in [1.82, 2.24) is 9.78 Å². The monoisotopic (exact) mass is 455 g/mol. The average molecular weight is 455 g/mol. The summed E-state index contributed by atoms with van der Waals surface area (Å²) in [7, 11) is 0. The number of anilines is 1. The van der Waals surface area contributed by atoms with Gasteiger partial charge in [0, 0.05) is 21.1 Å². The molecular formula is C21H18IN3O. The van der Waals surface area contributed by atoms with Crippen molar-refractivity contribution >= 4 is 39.4 Å². The molecule has 0 amide bonds.